The van der Waals surface area contributed by atoms with Crippen LogP contribution in [0.2, 0.25) is 5.02 Å². The number of nitro benzene ring substituents is 1. The van der Waals surface area contributed by atoms with E-state index in [-0.39, 0.29) is 11.3 Å². The topological polar surface area (TPSA) is 93.2 Å². The van der Waals surface area contributed by atoms with Crippen molar-refractivity contribution in [3.63, 3.8) is 0 Å². The van der Waals surface area contributed by atoms with Gasteiger partial charge < -0.3 is 4.74 Å². The van der Waals surface area contributed by atoms with E-state index in [0.717, 1.165) is 7.11 Å². The predicted molar refractivity (Wildman–Crippen MR) is 72.9 cm³/mol. The van der Waals surface area contributed by atoms with E-state index in [1.54, 1.807) is 6.07 Å². The molecule has 6 nitrogen and oxygen atoms in total. The Morgan fingerprint density at radius 2 is 2.25 bits per heavy atom. The van der Waals surface area contributed by atoms with Crippen LogP contribution in [0.25, 0.3) is 6.08 Å². The highest BCUT2D eigenvalue weighted by molar-refractivity contribution is 6.32. The molecule has 0 spiro atoms. The normalized spacial score (nSPS) is 11.2. The Morgan fingerprint density at radius 1 is 1.55 bits per heavy atom. The highest BCUT2D eigenvalue weighted by Crippen LogP contribution is 2.23. The van der Waals surface area contributed by atoms with Crippen LogP contribution in [-0.2, 0) is 9.53 Å². The molecule has 0 bridgehead atoms. The van der Waals surface area contributed by atoms with E-state index < -0.39 is 10.9 Å². The number of nitrogens with zero attached hydrogens (tertiary/aromatic N) is 2. The van der Waals surface area contributed by atoms with Gasteiger partial charge in [-0.05, 0) is 17.7 Å². The molecule has 0 fully saturated rings. The third kappa shape index (κ3) is 3.93. The summed E-state index contributed by atoms with van der Waals surface area (Å²) in [6, 6.07) is 5.65. The summed E-state index contributed by atoms with van der Waals surface area (Å²) in [4.78, 5) is 21.2. The van der Waals surface area contributed by atoms with Crippen molar-refractivity contribution >= 4 is 29.3 Å². The summed E-state index contributed by atoms with van der Waals surface area (Å²) in [5.74, 6) is -0.762. The molecular weight excluding hydrogens is 284 g/mol. The molecule has 1 aromatic rings. The van der Waals surface area contributed by atoms with Crippen LogP contribution < -0.4 is 0 Å². The van der Waals surface area contributed by atoms with Gasteiger partial charge in [-0.15, -0.1) is 0 Å². The lowest BCUT2D eigenvalue weighted by Gasteiger charge is -1.98. The van der Waals surface area contributed by atoms with Gasteiger partial charge in [0.05, 0.1) is 12.0 Å². The molecule has 0 radical (unpaired) electrons. The SMILES string of the molecule is COC(=O)C(C#N)=C/C=C/c1cc([N+](=O)[O-])ccc1Cl. The van der Waals surface area contributed by atoms with Crippen molar-refractivity contribution in [1.82, 2.24) is 0 Å². The zero-order valence-electron chi connectivity index (χ0n) is 10.4. The summed E-state index contributed by atoms with van der Waals surface area (Å²) < 4.78 is 4.40. The molecule has 1 aromatic carbocycles. The van der Waals surface area contributed by atoms with Crippen LogP contribution in [0.5, 0.6) is 0 Å². The first-order valence-electron chi connectivity index (χ1n) is 5.30. The Kier molecular flexibility index (Phi) is 5.44. The summed E-state index contributed by atoms with van der Waals surface area (Å²) in [7, 11) is 1.16. The van der Waals surface area contributed by atoms with Crippen molar-refractivity contribution in [2.24, 2.45) is 0 Å². The molecular formula is C13H9ClN2O4. The first-order chi connectivity index (χ1) is 9.49. The molecule has 0 amide bonds. The Balaban J connectivity index is 3.04. The number of ether oxygens (including phenoxy) is 1. The van der Waals surface area contributed by atoms with Crippen LogP contribution in [0.1, 0.15) is 5.56 Å². The largest absolute Gasteiger partial charge is 0.465 e. The van der Waals surface area contributed by atoms with Crippen LogP contribution in [0.3, 0.4) is 0 Å². The van der Waals surface area contributed by atoms with E-state index in [1.807, 2.05) is 0 Å². The van der Waals surface area contributed by atoms with Crippen LogP contribution in [0.15, 0.2) is 35.9 Å². The molecule has 0 aliphatic rings. The predicted octanol–water partition coefficient (Wildman–Crippen LogP) is 2.88. The van der Waals surface area contributed by atoms with Gasteiger partial charge in [0.25, 0.3) is 5.69 Å². The van der Waals surface area contributed by atoms with Gasteiger partial charge >= 0.3 is 5.97 Å². The second-order valence-electron chi connectivity index (χ2n) is 3.51. The van der Waals surface area contributed by atoms with E-state index in [9.17, 15) is 14.9 Å². The molecule has 0 heterocycles. The lowest BCUT2D eigenvalue weighted by atomic mass is 10.1. The number of halogens is 1. The number of rotatable bonds is 4. The number of nitriles is 1. The minimum Gasteiger partial charge on any atom is -0.465 e. The Morgan fingerprint density at radius 3 is 2.80 bits per heavy atom. The molecule has 7 heteroatoms. The standard InChI is InChI=1S/C13H9ClN2O4/c1-20-13(17)10(8-15)4-2-3-9-7-11(16(18)19)5-6-12(9)14/h2-7H,1H3/b3-2+,10-4?. The number of hydrogen-bond acceptors (Lipinski definition) is 5. The molecule has 1 rings (SSSR count). The first kappa shape index (κ1) is 15.4. The van der Waals surface area contributed by atoms with Gasteiger partial charge in [-0.3, -0.25) is 10.1 Å². The number of methoxy groups -OCH3 is 1. The van der Waals surface area contributed by atoms with Gasteiger partial charge in [0, 0.05) is 17.2 Å². The maximum Gasteiger partial charge on any atom is 0.348 e. The maximum atomic E-state index is 11.1. The zero-order valence-corrected chi connectivity index (χ0v) is 11.1. The smallest absolute Gasteiger partial charge is 0.348 e. The lowest BCUT2D eigenvalue weighted by Crippen LogP contribution is -2.02. The number of nitro groups is 1. The van der Waals surface area contributed by atoms with E-state index in [2.05, 4.69) is 4.74 Å². The molecule has 0 unspecified atom stereocenters. The number of allylic oxidation sites excluding steroid dienone is 2. The Bertz CT molecular complexity index is 644. The molecule has 0 N–H and O–H groups in total. The molecule has 0 aromatic heterocycles. The third-order valence-corrected chi connectivity index (χ3v) is 2.60. The fourth-order valence-electron chi connectivity index (χ4n) is 1.28. The summed E-state index contributed by atoms with van der Waals surface area (Å²) in [5.41, 5.74) is 0.107. The van der Waals surface area contributed by atoms with Gasteiger partial charge in [-0.2, -0.15) is 5.26 Å². The van der Waals surface area contributed by atoms with Crippen LogP contribution in [0, 0.1) is 21.4 Å². The molecule has 0 atom stereocenters. The maximum absolute atomic E-state index is 11.1. The van der Waals surface area contributed by atoms with Crippen molar-refractivity contribution in [1.29, 1.82) is 5.26 Å². The Hall–Kier alpha value is -2.65. The third-order valence-electron chi connectivity index (χ3n) is 2.25. The molecule has 20 heavy (non-hydrogen) atoms. The van der Waals surface area contributed by atoms with E-state index >= 15 is 0 Å². The van der Waals surface area contributed by atoms with E-state index in [4.69, 9.17) is 16.9 Å². The highest BCUT2D eigenvalue weighted by atomic mass is 35.5. The second-order valence-corrected chi connectivity index (χ2v) is 3.91. The summed E-state index contributed by atoms with van der Waals surface area (Å²) >= 11 is 5.89. The van der Waals surface area contributed by atoms with Crippen molar-refractivity contribution in [2.45, 2.75) is 0 Å². The van der Waals surface area contributed by atoms with Crippen LogP contribution in [0.4, 0.5) is 5.69 Å². The highest BCUT2D eigenvalue weighted by Gasteiger charge is 2.08. The van der Waals surface area contributed by atoms with Crippen molar-refractivity contribution < 1.29 is 14.5 Å². The minimum absolute atomic E-state index is 0.105. The monoisotopic (exact) mass is 292 g/mol. The second kappa shape index (κ2) is 7.07. The van der Waals surface area contributed by atoms with Crippen LogP contribution in [-0.4, -0.2) is 18.0 Å². The summed E-state index contributed by atoms with van der Waals surface area (Å²) in [6.45, 7) is 0. The summed E-state index contributed by atoms with van der Waals surface area (Å²) in [6.07, 6.45) is 4.08. The van der Waals surface area contributed by atoms with Crippen molar-refractivity contribution in [3.05, 3.63) is 56.6 Å². The molecule has 0 saturated heterocycles. The van der Waals surface area contributed by atoms with Crippen molar-refractivity contribution in [3.8, 4) is 6.07 Å². The van der Waals surface area contributed by atoms with E-state index in [0.29, 0.717) is 10.6 Å². The average Bonchev–Trinajstić information content (AvgIpc) is 2.44. The molecule has 0 aliphatic carbocycles. The molecule has 0 aliphatic heterocycles. The number of benzene rings is 1. The van der Waals surface area contributed by atoms with Crippen LogP contribution >= 0.6 is 11.6 Å². The summed E-state index contributed by atoms with van der Waals surface area (Å²) in [5, 5.41) is 19.7. The zero-order chi connectivity index (χ0) is 15.1. The number of non-ortho nitro benzene ring substituents is 1. The molecule has 0 saturated carbocycles. The van der Waals surface area contributed by atoms with E-state index in [1.165, 1.54) is 36.4 Å². The van der Waals surface area contributed by atoms with Gasteiger partial charge in [0.15, 0.2) is 0 Å². The van der Waals surface area contributed by atoms with Gasteiger partial charge in [-0.1, -0.05) is 23.8 Å². The van der Waals surface area contributed by atoms with Gasteiger partial charge in [0.1, 0.15) is 11.6 Å². The number of carbonyl (C=O) groups is 1. The van der Waals surface area contributed by atoms with Gasteiger partial charge in [-0.25, -0.2) is 4.79 Å². The van der Waals surface area contributed by atoms with Crippen molar-refractivity contribution in [2.75, 3.05) is 7.11 Å². The average molecular weight is 293 g/mol. The van der Waals surface area contributed by atoms with Gasteiger partial charge in [0.2, 0.25) is 0 Å². The quantitative estimate of drug-likeness (QED) is 0.212. The fourth-order valence-corrected chi connectivity index (χ4v) is 1.46. The minimum atomic E-state index is -0.762. The number of carbonyl (C=O) groups excluding carboxylic acids is 1. The first-order valence-corrected chi connectivity index (χ1v) is 5.68. The Labute approximate surface area is 119 Å². The number of hydrogen-bond donors (Lipinski definition) is 0. The lowest BCUT2D eigenvalue weighted by molar-refractivity contribution is -0.384. The number of esters is 1. The fraction of sp³-hybridized carbons (Fsp3) is 0.0769. The molecule has 102 valence electrons.